The zero-order valence-electron chi connectivity index (χ0n) is 12.1. The Morgan fingerprint density at radius 1 is 1.29 bits per heavy atom. The number of hydrogen-bond donors (Lipinski definition) is 1. The van der Waals surface area contributed by atoms with E-state index >= 15 is 0 Å². The summed E-state index contributed by atoms with van der Waals surface area (Å²) in [6, 6.07) is 6.02. The molecule has 0 amide bonds. The number of nitrogens with zero attached hydrogens (tertiary/aromatic N) is 1. The van der Waals surface area contributed by atoms with Gasteiger partial charge in [0.15, 0.2) is 5.13 Å². The molecule has 0 bridgehead atoms. The second kappa shape index (κ2) is 6.02. The third kappa shape index (κ3) is 2.88. The van der Waals surface area contributed by atoms with Gasteiger partial charge in [-0.2, -0.15) is 4.39 Å². The van der Waals surface area contributed by atoms with Gasteiger partial charge >= 0.3 is 0 Å². The highest BCUT2D eigenvalue weighted by atomic mass is 32.1. The summed E-state index contributed by atoms with van der Waals surface area (Å²) in [4.78, 5) is 4.12. The maximum atomic E-state index is 14.0. The highest BCUT2D eigenvalue weighted by Crippen LogP contribution is 2.39. The molecule has 0 spiro atoms. The molecule has 0 radical (unpaired) electrons. The van der Waals surface area contributed by atoms with Crippen molar-refractivity contribution >= 4 is 16.5 Å². The Hall–Kier alpha value is -1.62. The van der Waals surface area contributed by atoms with E-state index in [1.807, 2.05) is 12.1 Å². The molecule has 0 saturated heterocycles. The standard InChI is InChI=1S/C16H19FN2OS/c1-20-13-8-7-11(10-5-3-2-4-6-10)9-12(13)14-15(17)21-16(18)19-14/h7-10H,2-6H2,1H3,(H2,18,19). The lowest BCUT2D eigenvalue weighted by Gasteiger charge is -2.22. The predicted octanol–water partition coefficient (Wildman–Crippen LogP) is 4.59. The van der Waals surface area contributed by atoms with Crippen LogP contribution in [0.3, 0.4) is 0 Å². The van der Waals surface area contributed by atoms with Crippen molar-refractivity contribution in [3.8, 4) is 17.0 Å². The minimum absolute atomic E-state index is 0.243. The van der Waals surface area contributed by atoms with Gasteiger partial charge in [-0.1, -0.05) is 36.7 Å². The van der Waals surface area contributed by atoms with Crippen LogP contribution in [0.5, 0.6) is 5.75 Å². The van der Waals surface area contributed by atoms with Crippen LogP contribution in [0.15, 0.2) is 18.2 Å². The second-order valence-corrected chi connectivity index (χ2v) is 6.45. The van der Waals surface area contributed by atoms with E-state index < -0.39 is 0 Å². The average Bonchev–Trinajstić information content (AvgIpc) is 2.86. The lowest BCUT2D eigenvalue weighted by molar-refractivity contribution is 0.414. The second-order valence-electron chi connectivity index (χ2n) is 5.47. The Morgan fingerprint density at radius 3 is 2.67 bits per heavy atom. The van der Waals surface area contributed by atoms with Gasteiger partial charge in [0.1, 0.15) is 11.4 Å². The Morgan fingerprint density at radius 2 is 2.05 bits per heavy atom. The summed E-state index contributed by atoms with van der Waals surface area (Å²) in [5.74, 6) is 1.20. The SMILES string of the molecule is COc1ccc(C2CCCCC2)cc1-c1nc(N)sc1F. The van der Waals surface area contributed by atoms with Gasteiger partial charge in [-0.3, -0.25) is 0 Å². The molecule has 1 heterocycles. The normalized spacial score (nSPS) is 16.1. The molecule has 0 atom stereocenters. The molecule has 3 nitrogen and oxygen atoms in total. The lowest BCUT2D eigenvalue weighted by atomic mass is 9.83. The predicted molar refractivity (Wildman–Crippen MR) is 84.3 cm³/mol. The highest BCUT2D eigenvalue weighted by Gasteiger charge is 2.20. The topological polar surface area (TPSA) is 48.1 Å². The molecule has 1 aromatic carbocycles. The molecule has 5 heteroatoms. The van der Waals surface area contributed by atoms with Crippen molar-refractivity contribution in [2.24, 2.45) is 0 Å². The smallest absolute Gasteiger partial charge is 0.206 e. The van der Waals surface area contributed by atoms with E-state index in [0.717, 1.165) is 11.3 Å². The number of aromatic nitrogens is 1. The van der Waals surface area contributed by atoms with Gasteiger partial charge < -0.3 is 10.5 Å². The van der Waals surface area contributed by atoms with E-state index in [1.165, 1.54) is 37.7 Å². The van der Waals surface area contributed by atoms with Crippen LogP contribution in [0.1, 0.15) is 43.6 Å². The first-order chi connectivity index (χ1) is 10.2. The van der Waals surface area contributed by atoms with Gasteiger partial charge in [0, 0.05) is 5.56 Å². The number of ether oxygens (including phenoxy) is 1. The van der Waals surface area contributed by atoms with Crippen molar-refractivity contribution in [1.82, 2.24) is 4.98 Å². The van der Waals surface area contributed by atoms with Gasteiger partial charge in [-0.15, -0.1) is 0 Å². The fourth-order valence-electron chi connectivity index (χ4n) is 3.08. The molecule has 2 aromatic rings. The fourth-order valence-corrected chi connectivity index (χ4v) is 3.66. The number of benzene rings is 1. The van der Waals surface area contributed by atoms with Crippen LogP contribution in [0.25, 0.3) is 11.3 Å². The zero-order chi connectivity index (χ0) is 14.8. The number of nitrogen functional groups attached to an aromatic ring is 1. The van der Waals surface area contributed by atoms with Crippen LogP contribution in [0.2, 0.25) is 0 Å². The van der Waals surface area contributed by atoms with E-state index in [-0.39, 0.29) is 10.3 Å². The van der Waals surface area contributed by atoms with Crippen molar-refractivity contribution in [3.05, 3.63) is 28.9 Å². The molecule has 1 fully saturated rings. The van der Waals surface area contributed by atoms with Crippen molar-refractivity contribution < 1.29 is 9.13 Å². The average molecular weight is 306 g/mol. The molecule has 21 heavy (non-hydrogen) atoms. The number of hydrogen-bond acceptors (Lipinski definition) is 4. The monoisotopic (exact) mass is 306 g/mol. The van der Waals surface area contributed by atoms with Gasteiger partial charge in [0.05, 0.1) is 7.11 Å². The molecular formula is C16H19FN2OS. The highest BCUT2D eigenvalue weighted by molar-refractivity contribution is 7.14. The quantitative estimate of drug-likeness (QED) is 0.902. The molecule has 2 N–H and O–H groups in total. The van der Waals surface area contributed by atoms with Crippen molar-refractivity contribution in [3.63, 3.8) is 0 Å². The van der Waals surface area contributed by atoms with E-state index in [4.69, 9.17) is 10.5 Å². The maximum Gasteiger partial charge on any atom is 0.206 e. The molecular weight excluding hydrogens is 287 g/mol. The largest absolute Gasteiger partial charge is 0.496 e. The van der Waals surface area contributed by atoms with Gasteiger partial charge in [-0.05, 0) is 36.5 Å². The molecule has 3 rings (SSSR count). The minimum Gasteiger partial charge on any atom is -0.496 e. The van der Waals surface area contributed by atoms with Crippen LogP contribution in [-0.4, -0.2) is 12.1 Å². The number of methoxy groups -OCH3 is 1. The summed E-state index contributed by atoms with van der Waals surface area (Å²) in [5.41, 5.74) is 7.86. The molecule has 1 aliphatic rings. The van der Waals surface area contributed by atoms with Crippen LogP contribution in [0.4, 0.5) is 9.52 Å². The van der Waals surface area contributed by atoms with Crippen LogP contribution in [-0.2, 0) is 0 Å². The molecule has 1 aliphatic carbocycles. The van der Waals surface area contributed by atoms with Crippen LogP contribution < -0.4 is 10.5 Å². The number of nitrogens with two attached hydrogens (primary N) is 1. The molecule has 112 valence electrons. The van der Waals surface area contributed by atoms with E-state index in [1.54, 1.807) is 7.11 Å². The molecule has 1 saturated carbocycles. The number of thiazole rings is 1. The van der Waals surface area contributed by atoms with Gasteiger partial charge in [-0.25, -0.2) is 4.98 Å². The number of halogens is 1. The third-order valence-electron chi connectivity index (χ3n) is 4.16. The van der Waals surface area contributed by atoms with Gasteiger partial charge in [0.2, 0.25) is 5.13 Å². The number of rotatable bonds is 3. The van der Waals surface area contributed by atoms with Crippen LogP contribution in [0, 0.1) is 5.13 Å². The Bertz CT molecular complexity index is 635. The summed E-state index contributed by atoms with van der Waals surface area (Å²) >= 11 is 0.869. The third-order valence-corrected chi connectivity index (χ3v) is 4.83. The summed E-state index contributed by atoms with van der Waals surface area (Å²) in [5, 5.41) is -0.112. The zero-order valence-corrected chi connectivity index (χ0v) is 12.9. The fraction of sp³-hybridized carbons (Fsp3) is 0.438. The molecule has 0 aliphatic heterocycles. The Balaban J connectivity index is 2.03. The number of anilines is 1. The molecule has 1 aromatic heterocycles. The van der Waals surface area contributed by atoms with Crippen molar-refractivity contribution in [1.29, 1.82) is 0 Å². The van der Waals surface area contributed by atoms with E-state index in [9.17, 15) is 4.39 Å². The minimum atomic E-state index is -0.355. The van der Waals surface area contributed by atoms with E-state index in [2.05, 4.69) is 11.1 Å². The Kier molecular flexibility index (Phi) is 4.10. The summed E-state index contributed by atoms with van der Waals surface area (Å²) in [7, 11) is 1.59. The van der Waals surface area contributed by atoms with Crippen molar-refractivity contribution in [2.75, 3.05) is 12.8 Å². The first-order valence-electron chi connectivity index (χ1n) is 7.29. The van der Waals surface area contributed by atoms with Crippen LogP contribution >= 0.6 is 11.3 Å². The summed E-state index contributed by atoms with van der Waals surface area (Å²) in [6.45, 7) is 0. The Labute approximate surface area is 128 Å². The molecule has 0 unspecified atom stereocenters. The summed E-state index contributed by atoms with van der Waals surface area (Å²) < 4.78 is 19.4. The van der Waals surface area contributed by atoms with Gasteiger partial charge in [0.25, 0.3) is 0 Å². The lowest BCUT2D eigenvalue weighted by Crippen LogP contribution is -2.05. The van der Waals surface area contributed by atoms with Crippen molar-refractivity contribution in [2.45, 2.75) is 38.0 Å². The first kappa shape index (κ1) is 14.3. The summed E-state index contributed by atoms with van der Waals surface area (Å²) in [6.07, 6.45) is 6.26. The maximum absolute atomic E-state index is 14.0. The first-order valence-corrected chi connectivity index (χ1v) is 8.11. The van der Waals surface area contributed by atoms with E-state index in [0.29, 0.717) is 22.9 Å².